The number of nitrogens with zero attached hydrogens (tertiary/aromatic N) is 2. The molecule has 1 fully saturated rings. The Balaban J connectivity index is 1.59. The van der Waals surface area contributed by atoms with Crippen LogP contribution in [0.15, 0.2) is 42.5 Å². The van der Waals surface area contributed by atoms with Crippen molar-refractivity contribution >= 4 is 27.5 Å². The van der Waals surface area contributed by atoms with E-state index in [0.29, 0.717) is 11.5 Å². The number of amides is 2. The lowest BCUT2D eigenvalue weighted by Gasteiger charge is -2.32. The van der Waals surface area contributed by atoms with Crippen LogP contribution in [0, 0.1) is 6.92 Å². The third-order valence-corrected chi connectivity index (χ3v) is 7.77. The molecule has 2 aromatic rings. The van der Waals surface area contributed by atoms with E-state index < -0.39 is 28.5 Å². The molecule has 9 nitrogen and oxygen atoms in total. The first-order chi connectivity index (χ1) is 17.1. The first-order valence-electron chi connectivity index (χ1n) is 12.1. The molecule has 1 atom stereocenters. The van der Waals surface area contributed by atoms with E-state index >= 15 is 0 Å². The summed E-state index contributed by atoms with van der Waals surface area (Å²) in [5.74, 6) is 0.205. The summed E-state index contributed by atoms with van der Waals surface area (Å²) in [4.78, 5) is 28.2. The van der Waals surface area contributed by atoms with E-state index in [1.165, 1.54) is 11.0 Å². The monoisotopic (exact) mass is 515 g/mol. The third-order valence-electron chi connectivity index (χ3n) is 6.63. The zero-order chi connectivity index (χ0) is 25.9. The molecule has 0 aromatic heterocycles. The van der Waals surface area contributed by atoms with E-state index in [4.69, 9.17) is 9.47 Å². The Morgan fingerprint density at radius 1 is 1.08 bits per heavy atom. The van der Waals surface area contributed by atoms with Gasteiger partial charge in [0.2, 0.25) is 28.6 Å². The van der Waals surface area contributed by atoms with Crippen molar-refractivity contribution in [2.45, 2.75) is 58.2 Å². The highest BCUT2D eigenvalue weighted by Crippen LogP contribution is 2.36. The molecule has 1 N–H and O–H groups in total. The second kappa shape index (κ2) is 10.8. The fourth-order valence-electron chi connectivity index (χ4n) is 4.64. The maximum atomic E-state index is 13.7. The van der Waals surface area contributed by atoms with Crippen molar-refractivity contribution < 1.29 is 27.5 Å². The third kappa shape index (κ3) is 6.10. The standard InChI is InChI=1S/C26H33N3O6S/c1-18-7-6-8-20(13-18)15-28(19(2)26(31)27-21-9-4-5-10-21)25(30)16-29(36(3,32)33)22-11-12-23-24(14-22)35-17-34-23/h6-8,11-14,19,21H,4-5,9-10,15-17H2,1-3H3,(H,27,31)/t19-/m0/s1. The molecule has 2 amide bonds. The van der Waals surface area contributed by atoms with Gasteiger partial charge in [0.1, 0.15) is 12.6 Å². The molecule has 0 bridgehead atoms. The smallest absolute Gasteiger partial charge is 0.244 e. The van der Waals surface area contributed by atoms with Gasteiger partial charge in [-0.25, -0.2) is 8.42 Å². The summed E-state index contributed by atoms with van der Waals surface area (Å²) in [5, 5.41) is 3.06. The average molecular weight is 516 g/mol. The first kappa shape index (κ1) is 25.8. The van der Waals surface area contributed by atoms with Gasteiger partial charge in [-0.1, -0.05) is 42.7 Å². The summed E-state index contributed by atoms with van der Waals surface area (Å²) in [6, 6.07) is 11.7. The van der Waals surface area contributed by atoms with Gasteiger partial charge < -0.3 is 19.7 Å². The molecule has 1 aliphatic heterocycles. The van der Waals surface area contributed by atoms with E-state index in [1.54, 1.807) is 19.1 Å². The van der Waals surface area contributed by atoms with Crippen LogP contribution in [0.25, 0.3) is 0 Å². The maximum absolute atomic E-state index is 13.7. The summed E-state index contributed by atoms with van der Waals surface area (Å²) in [5.41, 5.74) is 2.17. The van der Waals surface area contributed by atoms with Gasteiger partial charge in [-0.2, -0.15) is 0 Å². The Morgan fingerprint density at radius 2 is 1.81 bits per heavy atom. The highest BCUT2D eigenvalue weighted by molar-refractivity contribution is 7.92. The van der Waals surface area contributed by atoms with Gasteiger partial charge in [0.25, 0.3) is 0 Å². The topological polar surface area (TPSA) is 105 Å². The van der Waals surface area contributed by atoms with Crippen LogP contribution in [0.4, 0.5) is 5.69 Å². The van der Waals surface area contributed by atoms with Crippen molar-refractivity contribution in [1.82, 2.24) is 10.2 Å². The zero-order valence-electron chi connectivity index (χ0n) is 20.9. The molecule has 2 aromatic carbocycles. The minimum absolute atomic E-state index is 0.0501. The number of rotatable bonds is 9. The van der Waals surface area contributed by atoms with Crippen molar-refractivity contribution in [3.63, 3.8) is 0 Å². The molecule has 10 heteroatoms. The summed E-state index contributed by atoms with van der Waals surface area (Å²) >= 11 is 0. The van der Waals surface area contributed by atoms with E-state index in [-0.39, 0.29) is 31.0 Å². The van der Waals surface area contributed by atoms with Gasteiger partial charge in [0, 0.05) is 18.7 Å². The van der Waals surface area contributed by atoms with Gasteiger partial charge in [0.15, 0.2) is 11.5 Å². The quantitative estimate of drug-likeness (QED) is 0.551. The van der Waals surface area contributed by atoms with Crippen LogP contribution in [0.1, 0.15) is 43.7 Å². The Kier molecular flexibility index (Phi) is 7.73. The van der Waals surface area contributed by atoms with E-state index in [1.807, 2.05) is 31.2 Å². The molecular weight excluding hydrogens is 482 g/mol. The number of nitrogens with one attached hydrogen (secondary N) is 1. The molecular formula is C26H33N3O6S. The fraction of sp³-hybridized carbons (Fsp3) is 0.462. The molecule has 0 spiro atoms. The van der Waals surface area contributed by atoms with Crippen LogP contribution in [-0.2, 0) is 26.2 Å². The predicted octanol–water partition coefficient (Wildman–Crippen LogP) is 2.97. The van der Waals surface area contributed by atoms with Crippen LogP contribution in [-0.4, -0.2) is 56.8 Å². The lowest BCUT2D eigenvalue weighted by molar-refractivity contribution is -0.139. The Hall–Kier alpha value is -3.27. The van der Waals surface area contributed by atoms with Gasteiger partial charge >= 0.3 is 0 Å². The van der Waals surface area contributed by atoms with Crippen LogP contribution in [0.2, 0.25) is 0 Å². The van der Waals surface area contributed by atoms with E-state index in [2.05, 4.69) is 5.32 Å². The average Bonchev–Trinajstić information content (AvgIpc) is 3.51. The summed E-state index contributed by atoms with van der Waals surface area (Å²) in [6.07, 6.45) is 5.05. The van der Waals surface area contributed by atoms with E-state index in [9.17, 15) is 18.0 Å². The molecule has 194 valence electrons. The minimum atomic E-state index is -3.82. The molecule has 4 rings (SSSR count). The molecule has 0 unspecified atom stereocenters. The number of sulfonamides is 1. The molecule has 2 aliphatic rings. The number of carbonyl (C=O) groups excluding carboxylic acids is 2. The van der Waals surface area contributed by atoms with Gasteiger partial charge in [-0.3, -0.25) is 13.9 Å². The Morgan fingerprint density at radius 3 is 2.50 bits per heavy atom. The predicted molar refractivity (Wildman–Crippen MR) is 136 cm³/mol. The Bertz CT molecular complexity index is 1230. The molecule has 0 radical (unpaired) electrons. The van der Waals surface area contributed by atoms with Crippen LogP contribution < -0.4 is 19.1 Å². The summed E-state index contributed by atoms with van der Waals surface area (Å²) < 4.78 is 37.2. The summed E-state index contributed by atoms with van der Waals surface area (Å²) in [7, 11) is -3.82. The number of benzene rings is 2. The second-order valence-corrected chi connectivity index (χ2v) is 11.4. The second-order valence-electron chi connectivity index (χ2n) is 9.48. The van der Waals surface area contributed by atoms with E-state index in [0.717, 1.165) is 47.4 Å². The number of hydrogen-bond donors (Lipinski definition) is 1. The summed E-state index contributed by atoms with van der Waals surface area (Å²) in [6.45, 7) is 3.42. The number of fused-ring (bicyclic) bond motifs is 1. The number of carbonyl (C=O) groups is 2. The van der Waals surface area contributed by atoms with Crippen molar-refractivity contribution in [2.24, 2.45) is 0 Å². The minimum Gasteiger partial charge on any atom is -0.454 e. The number of hydrogen-bond acceptors (Lipinski definition) is 6. The molecule has 0 saturated heterocycles. The highest BCUT2D eigenvalue weighted by Gasteiger charge is 2.32. The maximum Gasteiger partial charge on any atom is 0.244 e. The SMILES string of the molecule is Cc1cccc(CN(C(=O)CN(c2ccc3c(c2)OCO3)S(C)(=O)=O)[C@@H](C)C(=O)NC2CCCC2)c1. The van der Waals surface area contributed by atoms with Gasteiger partial charge in [0.05, 0.1) is 11.9 Å². The van der Waals surface area contributed by atoms with Crippen molar-refractivity contribution in [1.29, 1.82) is 0 Å². The highest BCUT2D eigenvalue weighted by atomic mass is 32.2. The normalized spacial score (nSPS) is 16.0. The van der Waals surface area contributed by atoms with Crippen molar-refractivity contribution in [3.05, 3.63) is 53.6 Å². The molecule has 1 aliphatic carbocycles. The number of ether oxygens (including phenoxy) is 2. The lowest BCUT2D eigenvalue weighted by Crippen LogP contribution is -2.52. The van der Waals surface area contributed by atoms with Crippen LogP contribution >= 0.6 is 0 Å². The first-order valence-corrected chi connectivity index (χ1v) is 14.0. The van der Waals surface area contributed by atoms with Crippen LogP contribution in [0.5, 0.6) is 11.5 Å². The van der Waals surface area contributed by atoms with Crippen LogP contribution in [0.3, 0.4) is 0 Å². The Labute approximate surface area is 212 Å². The zero-order valence-corrected chi connectivity index (χ0v) is 21.7. The lowest BCUT2D eigenvalue weighted by atomic mass is 10.1. The van der Waals surface area contributed by atoms with Crippen molar-refractivity contribution in [2.75, 3.05) is 23.9 Å². The van der Waals surface area contributed by atoms with Gasteiger partial charge in [-0.05, 0) is 44.4 Å². The number of anilines is 1. The molecule has 36 heavy (non-hydrogen) atoms. The van der Waals surface area contributed by atoms with Crippen molar-refractivity contribution in [3.8, 4) is 11.5 Å². The largest absolute Gasteiger partial charge is 0.454 e. The fourth-order valence-corrected chi connectivity index (χ4v) is 5.48. The van der Waals surface area contributed by atoms with Gasteiger partial charge in [-0.15, -0.1) is 0 Å². The molecule has 1 saturated carbocycles. The molecule has 1 heterocycles. The number of aryl methyl sites for hydroxylation is 1.